The third-order valence-electron chi connectivity index (χ3n) is 18.0. The van der Waals surface area contributed by atoms with E-state index in [0.717, 1.165) is 51.4 Å². The maximum absolute atomic E-state index is 13.0. The molecule has 2 atom stereocenters. The molecule has 0 saturated carbocycles. The second-order valence-electron chi connectivity index (χ2n) is 28.4. The lowest BCUT2D eigenvalue weighted by Gasteiger charge is -2.26. The van der Waals surface area contributed by atoms with Crippen LogP contribution in [0.15, 0.2) is 48.6 Å². The topological polar surface area (TPSA) is 111 Å². The van der Waals surface area contributed by atoms with Crippen LogP contribution in [0.2, 0.25) is 0 Å². The molecule has 0 bridgehead atoms. The van der Waals surface area contributed by atoms with Crippen molar-refractivity contribution in [3.63, 3.8) is 0 Å². The van der Waals surface area contributed by atoms with E-state index in [-0.39, 0.29) is 32.2 Å². The highest BCUT2D eigenvalue weighted by molar-refractivity contribution is 5.70. The fraction of sp³-hybridized carbons (Fsp3) is 0.866. The fourth-order valence-electron chi connectivity index (χ4n) is 12.0. The lowest BCUT2D eigenvalue weighted by molar-refractivity contribution is -0.870. The Bertz CT molecular complexity index is 1630. The fourth-order valence-corrected chi connectivity index (χ4v) is 12.0. The minimum atomic E-state index is -1.62. The van der Waals surface area contributed by atoms with Crippen molar-refractivity contribution in [3.05, 3.63) is 48.6 Å². The summed E-state index contributed by atoms with van der Waals surface area (Å²) in [5, 5.41) is 11.9. The molecular weight excluding hydrogens is 1130 g/mol. The standard InChI is InChI=1S/C82H153NO8/c1-6-8-10-12-14-16-18-20-22-24-26-28-30-32-34-36-38-39-40-41-43-45-47-49-51-53-55-57-59-61-63-65-67-69-71-73-80(85)91-78(77-90-82(81(86)87)88-75-74-83(3,4)5)76-89-79(84)72-70-68-66-64-62-60-58-56-54-52-50-48-46-44-42-37-35-33-31-29-27-25-23-21-19-17-15-13-11-9-7-2/h18-21,24-27,78,82H,6-17,22-23,28-77H2,1-5H3/b20-18-,21-19-,26-24-,27-25-. The van der Waals surface area contributed by atoms with Crippen LogP contribution in [-0.2, 0) is 33.3 Å². The Kier molecular flexibility index (Phi) is 70.9. The molecule has 0 radical (unpaired) electrons. The number of ether oxygens (including phenoxy) is 4. The third kappa shape index (κ3) is 74.5. The van der Waals surface area contributed by atoms with E-state index in [1.54, 1.807) is 0 Å². The van der Waals surface area contributed by atoms with Gasteiger partial charge in [0.05, 0.1) is 40.3 Å². The summed E-state index contributed by atoms with van der Waals surface area (Å²) < 4.78 is 22.9. The van der Waals surface area contributed by atoms with E-state index in [4.69, 9.17) is 18.9 Å². The first-order valence-electron chi connectivity index (χ1n) is 39.8. The highest BCUT2D eigenvalue weighted by Gasteiger charge is 2.22. The number of hydrogen-bond donors (Lipinski definition) is 0. The molecule has 9 heteroatoms. The van der Waals surface area contributed by atoms with Crippen molar-refractivity contribution < 1.29 is 42.9 Å². The number of carboxylic acids is 1. The van der Waals surface area contributed by atoms with E-state index in [9.17, 15) is 19.5 Å². The molecule has 0 amide bonds. The van der Waals surface area contributed by atoms with Gasteiger partial charge in [-0.15, -0.1) is 0 Å². The van der Waals surface area contributed by atoms with Crippen LogP contribution >= 0.6 is 0 Å². The molecule has 0 N–H and O–H groups in total. The first-order chi connectivity index (χ1) is 44.6. The number of aliphatic carboxylic acids is 1. The minimum Gasteiger partial charge on any atom is -0.545 e. The number of allylic oxidation sites excluding steroid dienone is 8. The molecule has 2 unspecified atom stereocenters. The molecule has 0 aliphatic carbocycles. The maximum Gasteiger partial charge on any atom is 0.306 e. The number of hydrogen-bond acceptors (Lipinski definition) is 8. The van der Waals surface area contributed by atoms with E-state index in [1.165, 1.54) is 321 Å². The highest BCUT2D eigenvalue weighted by atomic mass is 16.7. The zero-order chi connectivity index (χ0) is 66.1. The molecule has 9 nitrogen and oxygen atoms in total. The van der Waals surface area contributed by atoms with E-state index in [0.29, 0.717) is 17.4 Å². The summed E-state index contributed by atoms with van der Waals surface area (Å²) in [7, 11) is 5.95. The number of carbonyl (C=O) groups is 3. The van der Waals surface area contributed by atoms with Crippen LogP contribution < -0.4 is 5.11 Å². The number of carbonyl (C=O) groups excluding carboxylic acids is 3. The Hall–Kier alpha value is -2.75. The molecule has 0 aliphatic rings. The molecule has 0 aromatic carbocycles. The lowest BCUT2D eigenvalue weighted by atomic mass is 10.0. The Morgan fingerprint density at radius 3 is 0.868 bits per heavy atom. The summed E-state index contributed by atoms with van der Waals surface area (Å²) >= 11 is 0. The summed E-state index contributed by atoms with van der Waals surface area (Å²) in [6.45, 7) is 4.80. The predicted octanol–water partition coefficient (Wildman–Crippen LogP) is 23.9. The van der Waals surface area contributed by atoms with Crippen molar-refractivity contribution in [1.29, 1.82) is 0 Å². The van der Waals surface area contributed by atoms with Gasteiger partial charge in [-0.1, -0.05) is 358 Å². The molecule has 0 aliphatic heterocycles. The second kappa shape index (κ2) is 73.1. The molecule has 91 heavy (non-hydrogen) atoms. The molecule has 534 valence electrons. The van der Waals surface area contributed by atoms with Crippen molar-refractivity contribution in [2.75, 3.05) is 47.5 Å². The quantitative estimate of drug-likeness (QED) is 0.0195. The van der Waals surface area contributed by atoms with Crippen LogP contribution in [-0.4, -0.2) is 82.3 Å². The number of carboxylic acid groups (broad SMARTS) is 1. The SMILES string of the molecule is CCCCCCC/C=C\C/C=C\CCCCCCCCCCCCCCCCCCCCCCCCCC(=O)OC(COC(=O)CCCCCCCCCCCCCCCCCCCCC/C=C\C/C=C\CCCCCCC)COC(OCC[N+](C)(C)C)C(=O)[O-]. The van der Waals surface area contributed by atoms with Gasteiger partial charge < -0.3 is 33.3 Å². The largest absolute Gasteiger partial charge is 0.545 e. The number of esters is 2. The highest BCUT2D eigenvalue weighted by Crippen LogP contribution is 2.19. The Balaban J connectivity index is 3.98. The summed E-state index contributed by atoms with van der Waals surface area (Å²) in [5.41, 5.74) is 0. The minimum absolute atomic E-state index is 0.150. The van der Waals surface area contributed by atoms with E-state index < -0.39 is 24.3 Å². The monoisotopic (exact) mass is 1280 g/mol. The summed E-state index contributed by atoms with van der Waals surface area (Å²) in [4.78, 5) is 37.6. The zero-order valence-electron chi connectivity index (χ0n) is 61.2. The number of rotatable bonds is 75. The van der Waals surface area contributed by atoms with Gasteiger partial charge in [-0.3, -0.25) is 9.59 Å². The maximum atomic E-state index is 13.0. The molecule has 0 aromatic rings. The van der Waals surface area contributed by atoms with Crippen LogP contribution in [0.25, 0.3) is 0 Å². The number of quaternary nitrogens is 1. The normalized spacial score (nSPS) is 12.8. The van der Waals surface area contributed by atoms with Crippen molar-refractivity contribution in [1.82, 2.24) is 0 Å². The van der Waals surface area contributed by atoms with Crippen LogP contribution in [0.4, 0.5) is 0 Å². The first-order valence-corrected chi connectivity index (χ1v) is 39.8. The van der Waals surface area contributed by atoms with Gasteiger partial charge in [0.15, 0.2) is 12.4 Å². The molecule has 0 rings (SSSR count). The zero-order valence-corrected chi connectivity index (χ0v) is 61.2. The molecular formula is C82H153NO8. The van der Waals surface area contributed by atoms with Crippen LogP contribution in [0.5, 0.6) is 0 Å². The van der Waals surface area contributed by atoms with Crippen molar-refractivity contribution in [2.24, 2.45) is 0 Å². The average Bonchev–Trinajstić information content (AvgIpc) is 3.46. The van der Waals surface area contributed by atoms with E-state index in [1.807, 2.05) is 21.1 Å². The molecule has 0 aromatic heterocycles. The molecule has 0 saturated heterocycles. The Morgan fingerprint density at radius 2 is 0.593 bits per heavy atom. The van der Waals surface area contributed by atoms with Gasteiger partial charge in [0.2, 0.25) is 0 Å². The number of unbranched alkanes of at least 4 members (excludes halogenated alkanes) is 52. The molecule has 0 spiro atoms. The van der Waals surface area contributed by atoms with Gasteiger partial charge in [0.1, 0.15) is 13.2 Å². The Morgan fingerprint density at radius 1 is 0.330 bits per heavy atom. The second-order valence-corrected chi connectivity index (χ2v) is 28.4. The van der Waals surface area contributed by atoms with Gasteiger partial charge in [0.25, 0.3) is 0 Å². The first kappa shape index (κ1) is 88.2. The Labute approximate surface area is 565 Å². The molecule has 0 heterocycles. The smallest absolute Gasteiger partial charge is 0.306 e. The van der Waals surface area contributed by atoms with Crippen LogP contribution in [0.1, 0.15) is 399 Å². The predicted molar refractivity (Wildman–Crippen MR) is 389 cm³/mol. The molecule has 0 fully saturated rings. The summed E-state index contributed by atoms with van der Waals surface area (Å²) in [6.07, 6.45) is 92.3. The van der Waals surface area contributed by atoms with Crippen LogP contribution in [0.3, 0.4) is 0 Å². The van der Waals surface area contributed by atoms with Gasteiger partial charge in [-0.05, 0) is 77.0 Å². The lowest BCUT2D eigenvalue weighted by Crippen LogP contribution is -2.44. The van der Waals surface area contributed by atoms with Crippen molar-refractivity contribution in [2.45, 2.75) is 411 Å². The summed E-state index contributed by atoms with van der Waals surface area (Å²) in [5.74, 6) is -2.25. The van der Waals surface area contributed by atoms with Crippen LogP contribution in [0, 0.1) is 0 Å². The average molecular weight is 1280 g/mol. The summed E-state index contributed by atoms with van der Waals surface area (Å²) in [6, 6.07) is 0. The van der Waals surface area contributed by atoms with Gasteiger partial charge in [0, 0.05) is 12.8 Å². The van der Waals surface area contributed by atoms with E-state index in [2.05, 4.69) is 62.5 Å². The van der Waals surface area contributed by atoms with Gasteiger partial charge in [-0.25, -0.2) is 0 Å². The third-order valence-corrected chi connectivity index (χ3v) is 18.0. The number of likely N-dealkylation sites (N-methyl/N-ethyl adjacent to an activating group) is 1. The van der Waals surface area contributed by atoms with Gasteiger partial charge in [-0.2, -0.15) is 0 Å². The van der Waals surface area contributed by atoms with Gasteiger partial charge >= 0.3 is 11.9 Å². The van der Waals surface area contributed by atoms with E-state index >= 15 is 0 Å². The van der Waals surface area contributed by atoms with Crippen molar-refractivity contribution >= 4 is 17.9 Å². The van der Waals surface area contributed by atoms with Crippen molar-refractivity contribution in [3.8, 4) is 0 Å². The number of nitrogens with zero attached hydrogens (tertiary/aromatic N) is 1.